The number of fused-ring (bicyclic) bond motifs is 1. The Balaban J connectivity index is 1.63. The highest BCUT2D eigenvalue weighted by molar-refractivity contribution is 6.21. The number of amides is 2. The van der Waals surface area contributed by atoms with Crippen LogP contribution >= 0.6 is 0 Å². The monoisotopic (exact) mass is 301 g/mol. The molecule has 0 aromatic heterocycles. The fraction of sp³-hybridized carbons (Fsp3) is 0.529. The maximum atomic E-state index is 12.6. The zero-order valence-corrected chi connectivity index (χ0v) is 12.6. The van der Waals surface area contributed by atoms with Crippen molar-refractivity contribution in [1.29, 1.82) is 0 Å². The Hall–Kier alpha value is -1.72. The first-order valence-electron chi connectivity index (χ1n) is 7.87. The van der Waals surface area contributed by atoms with Gasteiger partial charge in [0.25, 0.3) is 11.8 Å². The summed E-state index contributed by atoms with van der Waals surface area (Å²) in [7, 11) is 0. The molecule has 1 spiro atoms. The van der Waals surface area contributed by atoms with Crippen LogP contribution in [0.3, 0.4) is 0 Å². The summed E-state index contributed by atoms with van der Waals surface area (Å²) in [5.74, 6) is -0.721. The molecule has 0 bridgehead atoms. The number of rotatable bonds is 1. The van der Waals surface area contributed by atoms with Gasteiger partial charge in [0.15, 0.2) is 5.79 Å². The van der Waals surface area contributed by atoms with Gasteiger partial charge < -0.3 is 9.47 Å². The van der Waals surface area contributed by atoms with Crippen molar-refractivity contribution in [3.8, 4) is 0 Å². The van der Waals surface area contributed by atoms with Gasteiger partial charge in [-0.25, -0.2) is 0 Å². The van der Waals surface area contributed by atoms with Gasteiger partial charge in [-0.1, -0.05) is 19.1 Å². The van der Waals surface area contributed by atoms with Crippen molar-refractivity contribution in [3.63, 3.8) is 0 Å². The minimum atomic E-state index is -0.627. The number of carbonyl (C=O) groups excluding carboxylic acids is 2. The highest BCUT2D eigenvalue weighted by Gasteiger charge is 2.51. The van der Waals surface area contributed by atoms with Gasteiger partial charge in [0.05, 0.1) is 24.3 Å². The number of ether oxygens (including phenoxy) is 2. The summed E-state index contributed by atoms with van der Waals surface area (Å²) in [4.78, 5) is 26.6. The molecule has 116 valence electrons. The molecule has 2 fully saturated rings. The first kappa shape index (κ1) is 13.9. The van der Waals surface area contributed by atoms with E-state index in [1.54, 1.807) is 24.3 Å². The molecule has 0 N–H and O–H groups in total. The summed E-state index contributed by atoms with van der Waals surface area (Å²) in [5, 5.41) is 0. The van der Waals surface area contributed by atoms with Crippen molar-refractivity contribution in [3.05, 3.63) is 35.4 Å². The van der Waals surface area contributed by atoms with Crippen LogP contribution in [0.1, 0.15) is 46.9 Å². The second-order valence-corrected chi connectivity index (χ2v) is 6.37. The zero-order valence-electron chi connectivity index (χ0n) is 12.6. The van der Waals surface area contributed by atoms with Crippen LogP contribution in [0.2, 0.25) is 0 Å². The molecule has 4 rings (SSSR count). The number of hydrogen-bond donors (Lipinski definition) is 0. The molecule has 0 radical (unpaired) electrons. The molecule has 1 aromatic rings. The lowest BCUT2D eigenvalue weighted by molar-refractivity contribution is -0.215. The second-order valence-electron chi connectivity index (χ2n) is 6.37. The molecular formula is C17H19NO4. The first-order chi connectivity index (χ1) is 10.6. The minimum Gasteiger partial charge on any atom is -0.347 e. The van der Waals surface area contributed by atoms with E-state index in [9.17, 15) is 9.59 Å². The molecule has 1 aromatic carbocycles. The van der Waals surface area contributed by atoms with Crippen molar-refractivity contribution in [1.82, 2.24) is 4.90 Å². The Morgan fingerprint density at radius 3 is 2.23 bits per heavy atom. The van der Waals surface area contributed by atoms with Gasteiger partial charge in [-0.2, -0.15) is 0 Å². The van der Waals surface area contributed by atoms with Crippen LogP contribution in [0.25, 0.3) is 0 Å². The van der Waals surface area contributed by atoms with Crippen LogP contribution in [0.5, 0.6) is 0 Å². The number of nitrogens with zero attached hydrogens (tertiary/aromatic N) is 1. The Kier molecular flexibility index (Phi) is 3.09. The largest absolute Gasteiger partial charge is 0.347 e. The molecule has 5 nitrogen and oxygen atoms in total. The first-order valence-corrected chi connectivity index (χ1v) is 7.87. The van der Waals surface area contributed by atoms with E-state index < -0.39 is 5.79 Å². The molecule has 1 saturated heterocycles. The maximum absolute atomic E-state index is 12.6. The van der Waals surface area contributed by atoms with Gasteiger partial charge in [0.2, 0.25) is 0 Å². The van der Waals surface area contributed by atoms with E-state index in [4.69, 9.17) is 9.47 Å². The van der Waals surface area contributed by atoms with Gasteiger partial charge in [-0.15, -0.1) is 0 Å². The predicted molar refractivity (Wildman–Crippen MR) is 78.4 cm³/mol. The van der Waals surface area contributed by atoms with Crippen LogP contribution in [0, 0.1) is 5.92 Å². The zero-order chi connectivity index (χ0) is 15.3. The molecule has 1 aliphatic carbocycles. The van der Waals surface area contributed by atoms with Crippen LogP contribution in [0.15, 0.2) is 24.3 Å². The van der Waals surface area contributed by atoms with Crippen molar-refractivity contribution >= 4 is 11.8 Å². The smallest absolute Gasteiger partial charge is 0.261 e. The average Bonchev–Trinajstić information content (AvgIpc) is 3.09. The van der Waals surface area contributed by atoms with Gasteiger partial charge in [-0.3, -0.25) is 14.5 Å². The molecule has 2 atom stereocenters. The fourth-order valence-electron chi connectivity index (χ4n) is 3.93. The van der Waals surface area contributed by atoms with Gasteiger partial charge in [0.1, 0.15) is 0 Å². The normalized spacial score (nSPS) is 30.1. The maximum Gasteiger partial charge on any atom is 0.261 e. The topological polar surface area (TPSA) is 55.8 Å². The van der Waals surface area contributed by atoms with E-state index in [1.165, 1.54) is 4.90 Å². The summed E-state index contributed by atoms with van der Waals surface area (Å²) < 4.78 is 11.7. The number of benzene rings is 1. The number of imide groups is 1. The van der Waals surface area contributed by atoms with Crippen molar-refractivity contribution in [2.45, 2.75) is 38.0 Å². The molecule has 2 heterocycles. The van der Waals surface area contributed by atoms with E-state index in [-0.39, 0.29) is 23.8 Å². The molecule has 5 heteroatoms. The number of carbonyl (C=O) groups is 2. The van der Waals surface area contributed by atoms with Crippen LogP contribution in [0.4, 0.5) is 0 Å². The lowest BCUT2D eigenvalue weighted by Gasteiger charge is -2.43. The lowest BCUT2D eigenvalue weighted by atomic mass is 9.81. The Morgan fingerprint density at radius 1 is 1.05 bits per heavy atom. The third-order valence-corrected chi connectivity index (χ3v) is 5.17. The summed E-state index contributed by atoms with van der Waals surface area (Å²) >= 11 is 0. The van der Waals surface area contributed by atoms with E-state index in [0.717, 1.165) is 12.8 Å². The highest BCUT2D eigenvalue weighted by atomic mass is 16.7. The van der Waals surface area contributed by atoms with Gasteiger partial charge in [0, 0.05) is 18.4 Å². The van der Waals surface area contributed by atoms with Crippen LogP contribution in [-0.2, 0) is 9.47 Å². The molecule has 3 aliphatic rings. The Labute approximate surface area is 129 Å². The summed E-state index contributed by atoms with van der Waals surface area (Å²) in [5.41, 5.74) is 1.02. The third-order valence-electron chi connectivity index (χ3n) is 5.17. The molecule has 2 unspecified atom stereocenters. The highest BCUT2D eigenvalue weighted by Crippen LogP contribution is 2.43. The Bertz CT molecular complexity index is 600. The van der Waals surface area contributed by atoms with Crippen molar-refractivity contribution in [2.24, 2.45) is 5.92 Å². The van der Waals surface area contributed by atoms with Crippen molar-refractivity contribution < 1.29 is 19.1 Å². The van der Waals surface area contributed by atoms with Crippen LogP contribution in [-0.4, -0.2) is 41.8 Å². The van der Waals surface area contributed by atoms with E-state index in [1.807, 2.05) is 0 Å². The summed E-state index contributed by atoms with van der Waals surface area (Å²) in [6.07, 6.45) is 2.26. The summed E-state index contributed by atoms with van der Waals surface area (Å²) in [6.45, 7) is 3.28. The molecule has 1 saturated carbocycles. The molecule has 2 amide bonds. The van der Waals surface area contributed by atoms with E-state index in [0.29, 0.717) is 30.8 Å². The second kappa shape index (κ2) is 4.89. The van der Waals surface area contributed by atoms with Crippen molar-refractivity contribution in [2.75, 3.05) is 13.2 Å². The molecule has 22 heavy (non-hydrogen) atoms. The number of hydrogen-bond acceptors (Lipinski definition) is 4. The third kappa shape index (κ3) is 1.85. The Morgan fingerprint density at radius 2 is 1.64 bits per heavy atom. The van der Waals surface area contributed by atoms with Gasteiger partial charge in [-0.05, 0) is 25.0 Å². The minimum absolute atomic E-state index is 0.151. The molecule has 2 aliphatic heterocycles. The van der Waals surface area contributed by atoms with Gasteiger partial charge >= 0.3 is 0 Å². The average molecular weight is 301 g/mol. The van der Waals surface area contributed by atoms with Crippen LogP contribution < -0.4 is 0 Å². The van der Waals surface area contributed by atoms with E-state index >= 15 is 0 Å². The summed E-state index contributed by atoms with van der Waals surface area (Å²) in [6, 6.07) is 6.88. The quantitative estimate of drug-likeness (QED) is 0.746. The van der Waals surface area contributed by atoms with E-state index in [2.05, 4.69) is 6.92 Å². The fourth-order valence-corrected chi connectivity index (χ4v) is 3.93. The molecular weight excluding hydrogens is 282 g/mol. The standard InChI is InChI=1S/C17H19NO4/c1-11-6-7-12(10-17(11)21-8-9-22-17)18-15(19)13-4-2-3-5-14(13)16(18)20/h2-5,11-12H,6-10H2,1H3. The SMILES string of the molecule is CC1CCC(N2C(=O)c3ccccc3C2=O)CC12OCCO2. The lowest BCUT2D eigenvalue weighted by Crippen LogP contribution is -2.52. The predicted octanol–water partition coefficient (Wildman–Crippen LogP) is 2.21.